The molecule has 0 aliphatic carbocycles. The zero-order chi connectivity index (χ0) is 14.0. The Kier molecular flexibility index (Phi) is 3.99. The van der Waals surface area contributed by atoms with Gasteiger partial charge in [-0.3, -0.25) is 0 Å². The van der Waals surface area contributed by atoms with E-state index in [0.717, 1.165) is 0 Å². The van der Waals surface area contributed by atoms with E-state index in [0.29, 0.717) is 24.3 Å². The Bertz CT molecular complexity index is 445. The van der Waals surface area contributed by atoms with E-state index in [1.807, 2.05) is 0 Å². The molecule has 0 amide bonds. The Hall–Kier alpha value is -1.30. The van der Waals surface area contributed by atoms with E-state index in [9.17, 15) is 17.6 Å². The molecule has 2 nitrogen and oxygen atoms in total. The summed E-state index contributed by atoms with van der Waals surface area (Å²) in [4.78, 5) is 1.61. The third kappa shape index (κ3) is 3.18. The van der Waals surface area contributed by atoms with Crippen molar-refractivity contribution in [3.8, 4) is 0 Å². The number of benzene rings is 1. The zero-order valence-electron chi connectivity index (χ0n) is 10.6. The standard InChI is InChI=1S/C13H16F4N2/c1-9-11(14)3-2-4-12(9)19-6-5-18-7-10(8-19)13(15,16)17/h2-4,10,18H,5-8H2,1H3. The van der Waals surface area contributed by atoms with Crippen LogP contribution in [-0.2, 0) is 0 Å². The van der Waals surface area contributed by atoms with E-state index in [1.165, 1.54) is 12.1 Å². The van der Waals surface area contributed by atoms with Crippen LogP contribution >= 0.6 is 0 Å². The van der Waals surface area contributed by atoms with Crippen LogP contribution in [0.1, 0.15) is 5.56 Å². The predicted octanol–water partition coefficient (Wildman–Crippen LogP) is 2.72. The number of halogens is 4. The summed E-state index contributed by atoms with van der Waals surface area (Å²) in [5.74, 6) is -1.82. The van der Waals surface area contributed by atoms with E-state index in [4.69, 9.17) is 0 Å². The topological polar surface area (TPSA) is 15.3 Å². The van der Waals surface area contributed by atoms with Crippen LogP contribution in [-0.4, -0.2) is 32.4 Å². The van der Waals surface area contributed by atoms with Gasteiger partial charge in [-0.25, -0.2) is 4.39 Å². The Morgan fingerprint density at radius 1 is 1.32 bits per heavy atom. The number of anilines is 1. The lowest BCUT2D eigenvalue weighted by atomic mass is 10.1. The zero-order valence-corrected chi connectivity index (χ0v) is 10.6. The Morgan fingerprint density at radius 3 is 2.74 bits per heavy atom. The van der Waals surface area contributed by atoms with Gasteiger partial charge in [0.1, 0.15) is 5.82 Å². The van der Waals surface area contributed by atoms with E-state index >= 15 is 0 Å². The molecule has 1 aromatic rings. The molecule has 6 heteroatoms. The minimum Gasteiger partial charge on any atom is -0.369 e. The van der Waals surface area contributed by atoms with Gasteiger partial charge >= 0.3 is 6.18 Å². The van der Waals surface area contributed by atoms with E-state index in [1.54, 1.807) is 17.9 Å². The molecule has 1 atom stereocenters. The summed E-state index contributed by atoms with van der Waals surface area (Å²) in [6.45, 7) is 2.26. The fourth-order valence-corrected chi connectivity index (χ4v) is 2.29. The second-order valence-corrected chi connectivity index (χ2v) is 4.77. The molecule has 1 aromatic carbocycles. The summed E-state index contributed by atoms with van der Waals surface area (Å²) in [6.07, 6.45) is -4.24. The second kappa shape index (κ2) is 5.36. The maximum Gasteiger partial charge on any atom is 0.394 e. The minimum atomic E-state index is -4.24. The molecule has 0 spiro atoms. The van der Waals surface area contributed by atoms with Crippen molar-refractivity contribution >= 4 is 5.69 Å². The summed E-state index contributed by atoms with van der Waals surface area (Å²) in [6, 6.07) is 4.51. The minimum absolute atomic E-state index is 0.0889. The number of nitrogens with one attached hydrogen (secondary N) is 1. The fourth-order valence-electron chi connectivity index (χ4n) is 2.29. The maximum absolute atomic E-state index is 13.5. The van der Waals surface area contributed by atoms with Gasteiger partial charge in [0.25, 0.3) is 0 Å². The van der Waals surface area contributed by atoms with Crippen LogP contribution in [0.3, 0.4) is 0 Å². The number of hydrogen-bond donors (Lipinski definition) is 1. The van der Waals surface area contributed by atoms with Crippen molar-refractivity contribution in [1.29, 1.82) is 0 Å². The van der Waals surface area contributed by atoms with E-state index in [-0.39, 0.29) is 13.1 Å². The van der Waals surface area contributed by atoms with Gasteiger partial charge in [0, 0.05) is 37.4 Å². The SMILES string of the molecule is Cc1c(F)cccc1N1CCNCC(C(F)(F)F)C1. The Labute approximate surface area is 109 Å². The first kappa shape index (κ1) is 14.1. The van der Waals surface area contributed by atoms with Crippen LogP contribution in [0, 0.1) is 18.7 Å². The number of alkyl halides is 3. The summed E-state index contributed by atoms with van der Waals surface area (Å²) in [5, 5.41) is 2.78. The summed E-state index contributed by atoms with van der Waals surface area (Å²) < 4.78 is 52.1. The van der Waals surface area contributed by atoms with Crippen molar-refractivity contribution in [2.24, 2.45) is 5.92 Å². The molecule has 1 fully saturated rings. The molecular formula is C13H16F4N2. The molecule has 1 heterocycles. The van der Waals surface area contributed by atoms with Crippen LogP contribution < -0.4 is 10.2 Å². The fraction of sp³-hybridized carbons (Fsp3) is 0.538. The van der Waals surface area contributed by atoms with Gasteiger partial charge in [0.2, 0.25) is 0 Å². The summed E-state index contributed by atoms with van der Waals surface area (Å²) >= 11 is 0. The molecule has 1 N–H and O–H groups in total. The summed E-state index contributed by atoms with van der Waals surface area (Å²) in [7, 11) is 0. The van der Waals surface area contributed by atoms with Gasteiger partial charge in [0.15, 0.2) is 0 Å². The molecular weight excluding hydrogens is 260 g/mol. The molecule has 1 unspecified atom stereocenters. The van der Waals surface area contributed by atoms with Gasteiger partial charge < -0.3 is 10.2 Å². The third-order valence-corrected chi connectivity index (χ3v) is 3.43. The van der Waals surface area contributed by atoms with Crippen molar-refractivity contribution in [2.75, 3.05) is 31.1 Å². The Morgan fingerprint density at radius 2 is 2.05 bits per heavy atom. The van der Waals surface area contributed by atoms with E-state index < -0.39 is 17.9 Å². The highest BCUT2D eigenvalue weighted by Crippen LogP contribution is 2.30. The molecule has 106 valence electrons. The monoisotopic (exact) mass is 276 g/mol. The first-order valence-electron chi connectivity index (χ1n) is 6.17. The highest BCUT2D eigenvalue weighted by molar-refractivity contribution is 5.53. The van der Waals surface area contributed by atoms with E-state index in [2.05, 4.69) is 5.32 Å². The second-order valence-electron chi connectivity index (χ2n) is 4.77. The van der Waals surface area contributed by atoms with Gasteiger partial charge in [0.05, 0.1) is 5.92 Å². The molecule has 1 aliphatic heterocycles. The van der Waals surface area contributed by atoms with Crippen molar-refractivity contribution in [2.45, 2.75) is 13.1 Å². The van der Waals surface area contributed by atoms with Crippen LogP contribution in [0.2, 0.25) is 0 Å². The lowest BCUT2D eigenvalue weighted by Crippen LogP contribution is -2.38. The van der Waals surface area contributed by atoms with Crippen molar-refractivity contribution in [3.05, 3.63) is 29.6 Å². The smallest absolute Gasteiger partial charge is 0.369 e. The van der Waals surface area contributed by atoms with Gasteiger partial charge in [-0.05, 0) is 19.1 Å². The molecule has 0 saturated carbocycles. The van der Waals surface area contributed by atoms with Crippen molar-refractivity contribution in [1.82, 2.24) is 5.32 Å². The highest BCUT2D eigenvalue weighted by Gasteiger charge is 2.41. The van der Waals surface area contributed by atoms with Crippen LogP contribution in [0.4, 0.5) is 23.2 Å². The van der Waals surface area contributed by atoms with Gasteiger partial charge in [-0.15, -0.1) is 0 Å². The number of hydrogen-bond acceptors (Lipinski definition) is 2. The average Bonchev–Trinajstić information content (AvgIpc) is 2.58. The average molecular weight is 276 g/mol. The summed E-state index contributed by atoms with van der Waals surface area (Å²) in [5.41, 5.74) is 0.934. The third-order valence-electron chi connectivity index (χ3n) is 3.43. The van der Waals surface area contributed by atoms with Crippen LogP contribution in [0.25, 0.3) is 0 Å². The van der Waals surface area contributed by atoms with Gasteiger partial charge in [-0.2, -0.15) is 13.2 Å². The predicted molar refractivity (Wildman–Crippen MR) is 65.8 cm³/mol. The molecule has 19 heavy (non-hydrogen) atoms. The highest BCUT2D eigenvalue weighted by atomic mass is 19.4. The van der Waals surface area contributed by atoms with Crippen LogP contribution in [0.5, 0.6) is 0 Å². The van der Waals surface area contributed by atoms with Crippen molar-refractivity contribution < 1.29 is 17.6 Å². The molecule has 2 rings (SSSR count). The Balaban J connectivity index is 2.25. The quantitative estimate of drug-likeness (QED) is 0.793. The first-order valence-corrected chi connectivity index (χ1v) is 6.17. The molecule has 0 radical (unpaired) electrons. The molecule has 1 saturated heterocycles. The molecule has 1 aliphatic rings. The molecule has 0 aromatic heterocycles. The van der Waals surface area contributed by atoms with Crippen molar-refractivity contribution in [3.63, 3.8) is 0 Å². The largest absolute Gasteiger partial charge is 0.394 e. The normalized spacial score (nSPS) is 21.3. The van der Waals surface area contributed by atoms with Gasteiger partial charge in [-0.1, -0.05) is 6.07 Å². The molecule has 0 bridgehead atoms. The number of rotatable bonds is 1. The van der Waals surface area contributed by atoms with Crippen LogP contribution in [0.15, 0.2) is 18.2 Å². The lowest BCUT2D eigenvalue weighted by Gasteiger charge is -2.28. The number of nitrogens with zero attached hydrogens (tertiary/aromatic N) is 1. The first-order chi connectivity index (χ1) is 8.89. The maximum atomic E-state index is 13.5. The lowest BCUT2D eigenvalue weighted by molar-refractivity contribution is -0.169.